The van der Waals surface area contributed by atoms with Crippen molar-refractivity contribution in [3.63, 3.8) is 0 Å². The zero-order valence-electron chi connectivity index (χ0n) is 24.6. The standard InChI is InChI=1S/C32H28N2O.C5H11NO/c35-31(26-14-5-1-6-15-26)23-13-22-30-24-34(25-33-30)32(27-16-7-2-8-17-27,28-18-9-3-10-19-28)29-20-11-4-12-21-29;1-5(2,3)6-4-7/h1-12,14-21,24-25H,13,22-23H2;4H,1-3H3,(H,6,7). The number of nitrogens with one attached hydrogen (secondary N) is 1. The molecule has 5 nitrogen and oxygen atoms in total. The van der Waals surface area contributed by atoms with E-state index >= 15 is 0 Å². The largest absolute Gasteiger partial charge is 0.354 e. The molecule has 0 aliphatic carbocycles. The molecule has 5 rings (SSSR count). The van der Waals surface area contributed by atoms with E-state index in [0.29, 0.717) is 12.8 Å². The molecule has 0 spiro atoms. The maximum Gasteiger partial charge on any atom is 0.207 e. The highest BCUT2D eigenvalue weighted by molar-refractivity contribution is 5.95. The minimum absolute atomic E-state index is 0.0677. The van der Waals surface area contributed by atoms with Crippen molar-refractivity contribution < 1.29 is 9.59 Å². The van der Waals surface area contributed by atoms with Crippen LogP contribution in [0.5, 0.6) is 0 Å². The second-order valence-electron chi connectivity index (χ2n) is 11.2. The van der Waals surface area contributed by atoms with Crippen molar-refractivity contribution in [2.24, 2.45) is 0 Å². The van der Waals surface area contributed by atoms with Crippen molar-refractivity contribution in [2.45, 2.75) is 51.1 Å². The average molecular weight is 558 g/mol. The van der Waals surface area contributed by atoms with E-state index in [2.05, 4.69) is 88.9 Å². The van der Waals surface area contributed by atoms with Gasteiger partial charge in [0.2, 0.25) is 6.41 Å². The molecule has 0 fully saturated rings. The number of benzene rings is 4. The van der Waals surface area contributed by atoms with Crippen molar-refractivity contribution >= 4 is 12.2 Å². The van der Waals surface area contributed by atoms with Crippen molar-refractivity contribution in [3.8, 4) is 0 Å². The molecule has 1 aromatic heterocycles. The van der Waals surface area contributed by atoms with Crippen molar-refractivity contribution in [1.82, 2.24) is 14.9 Å². The number of nitrogens with zero attached hydrogens (tertiary/aromatic N) is 2. The summed E-state index contributed by atoms with van der Waals surface area (Å²) in [7, 11) is 0. The molecule has 0 aliphatic rings. The molecule has 1 amide bonds. The normalized spacial score (nSPS) is 11.2. The first-order chi connectivity index (χ1) is 20.3. The van der Waals surface area contributed by atoms with E-state index in [1.165, 1.54) is 16.7 Å². The summed E-state index contributed by atoms with van der Waals surface area (Å²) in [6.45, 7) is 5.80. The number of ketones is 1. The molecule has 0 saturated carbocycles. The van der Waals surface area contributed by atoms with E-state index in [1.807, 2.05) is 75.6 Å². The second-order valence-corrected chi connectivity index (χ2v) is 11.2. The van der Waals surface area contributed by atoms with E-state index in [0.717, 1.165) is 24.1 Å². The van der Waals surface area contributed by atoms with Gasteiger partial charge in [-0.15, -0.1) is 0 Å². The van der Waals surface area contributed by atoms with Crippen LogP contribution in [0.15, 0.2) is 134 Å². The van der Waals surface area contributed by atoms with Gasteiger partial charge in [-0.05, 0) is 50.3 Å². The Morgan fingerprint density at radius 3 is 1.60 bits per heavy atom. The third-order valence-corrected chi connectivity index (χ3v) is 7.02. The number of aromatic nitrogens is 2. The van der Waals surface area contributed by atoms with Crippen molar-refractivity contribution in [2.75, 3.05) is 0 Å². The minimum Gasteiger partial charge on any atom is -0.354 e. The molecule has 0 saturated heterocycles. The van der Waals surface area contributed by atoms with Crippen LogP contribution in [0.4, 0.5) is 0 Å². The molecule has 0 unspecified atom stereocenters. The summed E-state index contributed by atoms with van der Waals surface area (Å²) in [5, 5.41) is 2.60. The summed E-state index contributed by atoms with van der Waals surface area (Å²) < 4.78 is 2.22. The maximum absolute atomic E-state index is 12.5. The van der Waals surface area contributed by atoms with Crippen LogP contribution in [0, 0.1) is 0 Å². The smallest absolute Gasteiger partial charge is 0.207 e. The van der Waals surface area contributed by atoms with E-state index in [4.69, 9.17) is 4.98 Å². The molecule has 214 valence electrons. The Hall–Kier alpha value is -4.77. The lowest BCUT2D eigenvalue weighted by molar-refractivity contribution is -0.110. The van der Waals surface area contributed by atoms with Crippen LogP contribution in [0.1, 0.15) is 66.4 Å². The molecule has 0 atom stereocenters. The summed E-state index contributed by atoms with van der Waals surface area (Å²) in [6.07, 6.45) is 6.80. The number of carbonyl (C=O) groups excluding carboxylic acids is 2. The van der Waals surface area contributed by atoms with E-state index in [1.54, 1.807) is 0 Å². The van der Waals surface area contributed by atoms with Gasteiger partial charge in [-0.3, -0.25) is 9.59 Å². The Bertz CT molecular complexity index is 1430. The van der Waals surface area contributed by atoms with Crippen LogP contribution >= 0.6 is 0 Å². The Balaban J connectivity index is 0.000000517. The zero-order valence-corrected chi connectivity index (χ0v) is 24.6. The number of Topliss-reactive ketones (excluding diaryl/α,β-unsaturated/α-hetero) is 1. The first-order valence-corrected chi connectivity index (χ1v) is 14.3. The highest BCUT2D eigenvalue weighted by Gasteiger charge is 2.38. The summed E-state index contributed by atoms with van der Waals surface area (Å²) in [5.74, 6) is 0.178. The molecule has 5 aromatic rings. The number of amides is 1. The lowest BCUT2D eigenvalue weighted by Gasteiger charge is -2.37. The first-order valence-electron chi connectivity index (χ1n) is 14.3. The third kappa shape index (κ3) is 7.49. The van der Waals surface area contributed by atoms with Gasteiger partial charge in [0.25, 0.3) is 0 Å². The van der Waals surface area contributed by atoms with Crippen LogP contribution in [-0.2, 0) is 16.8 Å². The summed E-state index contributed by atoms with van der Waals surface area (Å²) in [4.78, 5) is 27.0. The van der Waals surface area contributed by atoms with Crippen molar-refractivity contribution in [3.05, 3.63) is 162 Å². The summed E-state index contributed by atoms with van der Waals surface area (Å²) in [6, 6.07) is 41.2. The topological polar surface area (TPSA) is 64.0 Å². The van der Waals surface area contributed by atoms with Gasteiger partial charge in [0.1, 0.15) is 5.54 Å². The Morgan fingerprint density at radius 1 is 0.738 bits per heavy atom. The summed E-state index contributed by atoms with van der Waals surface area (Å²) >= 11 is 0. The Kier molecular flexibility index (Phi) is 10.2. The number of carbonyl (C=O) groups is 2. The number of hydrogen-bond acceptors (Lipinski definition) is 3. The van der Waals surface area contributed by atoms with Gasteiger partial charge in [0.05, 0.1) is 12.0 Å². The fourth-order valence-corrected chi connectivity index (χ4v) is 5.04. The molecule has 1 heterocycles. The van der Waals surface area contributed by atoms with Crippen molar-refractivity contribution in [1.29, 1.82) is 0 Å². The summed E-state index contributed by atoms with van der Waals surface area (Å²) in [5.41, 5.74) is 4.63. The van der Waals surface area contributed by atoms with Gasteiger partial charge in [0, 0.05) is 23.7 Å². The number of hydrogen-bond donors (Lipinski definition) is 1. The third-order valence-electron chi connectivity index (χ3n) is 7.02. The predicted octanol–water partition coefficient (Wildman–Crippen LogP) is 7.46. The molecule has 0 aliphatic heterocycles. The predicted molar refractivity (Wildman–Crippen MR) is 169 cm³/mol. The molecule has 0 bridgehead atoms. The van der Waals surface area contributed by atoms with Crippen LogP contribution in [0.25, 0.3) is 0 Å². The average Bonchev–Trinajstić information content (AvgIpc) is 3.48. The highest BCUT2D eigenvalue weighted by atomic mass is 16.1. The van der Waals surface area contributed by atoms with E-state index in [9.17, 15) is 9.59 Å². The van der Waals surface area contributed by atoms with Gasteiger partial charge in [-0.1, -0.05) is 121 Å². The fourth-order valence-electron chi connectivity index (χ4n) is 5.04. The lowest BCUT2D eigenvalue weighted by Crippen LogP contribution is -2.36. The quantitative estimate of drug-likeness (QED) is 0.110. The van der Waals surface area contributed by atoms with Gasteiger partial charge in [-0.25, -0.2) is 4.98 Å². The Morgan fingerprint density at radius 2 is 1.19 bits per heavy atom. The van der Waals surface area contributed by atoms with Crippen LogP contribution in [0.2, 0.25) is 0 Å². The van der Waals surface area contributed by atoms with Crippen LogP contribution in [0.3, 0.4) is 0 Å². The van der Waals surface area contributed by atoms with Crippen LogP contribution in [-0.4, -0.2) is 27.3 Å². The van der Waals surface area contributed by atoms with Crippen LogP contribution < -0.4 is 5.32 Å². The molecular weight excluding hydrogens is 518 g/mol. The highest BCUT2D eigenvalue weighted by Crippen LogP contribution is 2.40. The lowest BCUT2D eigenvalue weighted by atomic mass is 9.77. The number of rotatable bonds is 10. The van der Waals surface area contributed by atoms with Gasteiger partial charge < -0.3 is 9.88 Å². The molecule has 1 N–H and O–H groups in total. The maximum atomic E-state index is 12.5. The van der Waals surface area contributed by atoms with Gasteiger partial charge in [-0.2, -0.15) is 0 Å². The zero-order chi connectivity index (χ0) is 29.8. The number of imidazole rings is 1. The number of aryl methyl sites for hydroxylation is 1. The second kappa shape index (κ2) is 14.2. The minimum atomic E-state index is -0.561. The van der Waals surface area contributed by atoms with E-state index in [-0.39, 0.29) is 11.3 Å². The molecule has 4 aromatic carbocycles. The first kappa shape index (κ1) is 30.2. The van der Waals surface area contributed by atoms with Gasteiger partial charge in [0.15, 0.2) is 5.78 Å². The molecular formula is C37H39N3O2. The monoisotopic (exact) mass is 557 g/mol. The van der Waals surface area contributed by atoms with E-state index < -0.39 is 5.54 Å². The fraction of sp³-hybridized carbons (Fsp3) is 0.216. The molecule has 42 heavy (non-hydrogen) atoms. The SMILES string of the molecule is CC(C)(C)NC=O.O=C(CCCc1cn(C(c2ccccc2)(c2ccccc2)c2ccccc2)cn1)c1ccccc1. The molecule has 0 radical (unpaired) electrons. The Labute approximate surface area is 249 Å². The van der Waals surface area contributed by atoms with Gasteiger partial charge >= 0.3 is 0 Å². The molecule has 5 heteroatoms.